The van der Waals surface area contributed by atoms with Crippen LogP contribution in [0.25, 0.3) is 0 Å². The minimum absolute atomic E-state index is 0.841. The molecule has 3 nitrogen and oxygen atoms in total. The number of allylic oxidation sites excluding steroid dienone is 2. The molecule has 4 heteroatoms. The van der Waals surface area contributed by atoms with E-state index >= 15 is 0 Å². The molecule has 1 N–H and O–H groups in total. The van der Waals surface area contributed by atoms with Gasteiger partial charge in [0, 0.05) is 24.6 Å². The van der Waals surface area contributed by atoms with Gasteiger partial charge in [-0.1, -0.05) is 6.08 Å². The third kappa shape index (κ3) is 1.58. The Balaban J connectivity index is 2.13. The summed E-state index contributed by atoms with van der Waals surface area (Å²) in [6.45, 7) is 0. The van der Waals surface area contributed by atoms with Crippen molar-refractivity contribution in [2.45, 2.75) is 6.42 Å². The number of thioether (sulfide) groups is 1. The summed E-state index contributed by atoms with van der Waals surface area (Å²) >= 11 is 1.63. The summed E-state index contributed by atoms with van der Waals surface area (Å²) in [6.07, 6.45) is 6.57. The molecule has 2 heterocycles. The van der Waals surface area contributed by atoms with Gasteiger partial charge in [-0.25, -0.2) is 0 Å². The van der Waals surface area contributed by atoms with Crippen LogP contribution in [-0.2, 0) is 0 Å². The van der Waals surface area contributed by atoms with Crippen molar-refractivity contribution in [1.29, 1.82) is 0 Å². The Morgan fingerprint density at radius 1 is 1.58 bits per heavy atom. The standard InChI is InChI=1S/C8H8N3S/c1-2-7(11-10-3-1)8-6-12-5-4-9-8/h1,3-4,10H,2,5H2. The van der Waals surface area contributed by atoms with Gasteiger partial charge in [0.15, 0.2) is 0 Å². The molecule has 61 valence electrons. The Morgan fingerprint density at radius 2 is 2.58 bits per heavy atom. The van der Waals surface area contributed by atoms with Gasteiger partial charge in [-0.2, -0.15) is 5.10 Å². The molecule has 1 radical (unpaired) electrons. The molecule has 0 unspecified atom stereocenters. The number of hydrogen-bond donors (Lipinski definition) is 1. The quantitative estimate of drug-likeness (QED) is 0.657. The van der Waals surface area contributed by atoms with Crippen molar-refractivity contribution >= 4 is 23.7 Å². The molecule has 2 aliphatic rings. The molecule has 12 heavy (non-hydrogen) atoms. The van der Waals surface area contributed by atoms with Crippen LogP contribution in [0.4, 0.5) is 0 Å². The second-order valence-corrected chi connectivity index (χ2v) is 3.19. The van der Waals surface area contributed by atoms with Crippen molar-refractivity contribution in [3.05, 3.63) is 23.4 Å². The van der Waals surface area contributed by atoms with E-state index in [2.05, 4.69) is 20.9 Å². The Kier molecular flexibility index (Phi) is 2.27. The average Bonchev–Trinajstić information content (AvgIpc) is 2.21. The van der Waals surface area contributed by atoms with Crippen molar-refractivity contribution in [3.63, 3.8) is 0 Å². The Labute approximate surface area is 75.3 Å². The average molecular weight is 178 g/mol. The third-order valence-electron chi connectivity index (χ3n) is 1.52. The summed E-state index contributed by atoms with van der Waals surface area (Å²) < 4.78 is 0. The van der Waals surface area contributed by atoms with Gasteiger partial charge in [-0.05, 0) is 0 Å². The number of rotatable bonds is 1. The smallest absolute Gasteiger partial charge is 0.101 e. The van der Waals surface area contributed by atoms with E-state index in [0.717, 1.165) is 23.6 Å². The Morgan fingerprint density at radius 3 is 3.25 bits per heavy atom. The SMILES string of the molecule is [C]1=C(C2=NNC=CC2)N=CCS1. The molecule has 0 aliphatic carbocycles. The van der Waals surface area contributed by atoms with E-state index in [1.807, 2.05) is 18.5 Å². The van der Waals surface area contributed by atoms with Gasteiger partial charge >= 0.3 is 0 Å². The molecular weight excluding hydrogens is 170 g/mol. The highest BCUT2D eigenvalue weighted by atomic mass is 32.2. The summed E-state index contributed by atoms with van der Waals surface area (Å²) in [5.74, 6) is 0.917. The van der Waals surface area contributed by atoms with E-state index in [1.54, 1.807) is 11.8 Å². The molecule has 0 saturated heterocycles. The maximum absolute atomic E-state index is 4.21. The largest absolute Gasteiger partial charge is 0.286 e. The summed E-state index contributed by atoms with van der Waals surface area (Å²) in [6, 6.07) is 0. The van der Waals surface area contributed by atoms with E-state index in [4.69, 9.17) is 0 Å². The van der Waals surface area contributed by atoms with Gasteiger partial charge in [0.2, 0.25) is 0 Å². The predicted molar refractivity (Wildman–Crippen MR) is 52.0 cm³/mol. The van der Waals surface area contributed by atoms with Crippen LogP contribution in [0.5, 0.6) is 0 Å². The lowest BCUT2D eigenvalue weighted by molar-refractivity contribution is 0.931. The molecular formula is C8H8N3S. The highest BCUT2D eigenvalue weighted by Crippen LogP contribution is 2.15. The first-order valence-electron chi connectivity index (χ1n) is 3.71. The Hall–Kier alpha value is -1.03. The number of hydrogen-bond acceptors (Lipinski definition) is 4. The van der Waals surface area contributed by atoms with Gasteiger partial charge in [0.25, 0.3) is 0 Å². The van der Waals surface area contributed by atoms with E-state index in [-0.39, 0.29) is 0 Å². The normalized spacial score (nSPS) is 21.3. The fourth-order valence-electron chi connectivity index (χ4n) is 0.969. The molecule has 0 atom stereocenters. The lowest BCUT2D eigenvalue weighted by Crippen LogP contribution is -2.11. The van der Waals surface area contributed by atoms with Gasteiger partial charge in [-0.15, -0.1) is 11.8 Å². The Bertz CT molecular complexity index is 289. The molecule has 0 amide bonds. The van der Waals surface area contributed by atoms with Crippen LogP contribution in [0.1, 0.15) is 6.42 Å². The molecule has 0 fully saturated rings. The van der Waals surface area contributed by atoms with Crippen LogP contribution in [0.3, 0.4) is 0 Å². The fourth-order valence-corrected chi connectivity index (χ4v) is 1.51. The van der Waals surface area contributed by atoms with Crippen molar-refractivity contribution in [2.75, 3.05) is 5.75 Å². The highest BCUT2D eigenvalue weighted by Gasteiger charge is 2.08. The van der Waals surface area contributed by atoms with Crippen LogP contribution in [0, 0.1) is 5.41 Å². The minimum atomic E-state index is 0.841. The third-order valence-corrected chi connectivity index (χ3v) is 2.18. The first-order valence-corrected chi connectivity index (χ1v) is 4.70. The lowest BCUT2D eigenvalue weighted by atomic mass is 10.2. The lowest BCUT2D eigenvalue weighted by Gasteiger charge is -2.09. The first-order chi connectivity index (χ1) is 5.97. The molecule has 0 spiro atoms. The van der Waals surface area contributed by atoms with Crippen LogP contribution < -0.4 is 5.43 Å². The second-order valence-electron chi connectivity index (χ2n) is 2.37. The molecule has 0 saturated carbocycles. The number of nitrogens with zero attached hydrogens (tertiary/aromatic N) is 2. The van der Waals surface area contributed by atoms with E-state index in [1.165, 1.54) is 0 Å². The van der Waals surface area contributed by atoms with Gasteiger partial charge in [-0.3, -0.25) is 10.4 Å². The van der Waals surface area contributed by atoms with Crippen molar-refractivity contribution in [1.82, 2.24) is 5.43 Å². The molecule has 2 rings (SSSR count). The first kappa shape index (κ1) is 7.61. The minimum Gasteiger partial charge on any atom is -0.286 e. The molecule has 0 aromatic heterocycles. The van der Waals surface area contributed by atoms with Crippen molar-refractivity contribution in [3.8, 4) is 0 Å². The van der Waals surface area contributed by atoms with Crippen LogP contribution in [0.2, 0.25) is 0 Å². The summed E-state index contributed by atoms with van der Waals surface area (Å²) in [5.41, 5.74) is 4.62. The van der Waals surface area contributed by atoms with Crippen molar-refractivity contribution < 1.29 is 0 Å². The van der Waals surface area contributed by atoms with E-state index in [0.29, 0.717) is 0 Å². The molecule has 0 aromatic carbocycles. The van der Waals surface area contributed by atoms with Gasteiger partial charge in [0.1, 0.15) is 5.70 Å². The maximum Gasteiger partial charge on any atom is 0.101 e. The van der Waals surface area contributed by atoms with Crippen LogP contribution in [-0.4, -0.2) is 17.7 Å². The van der Waals surface area contributed by atoms with Crippen molar-refractivity contribution in [2.24, 2.45) is 10.1 Å². The monoisotopic (exact) mass is 178 g/mol. The maximum atomic E-state index is 4.21. The predicted octanol–water partition coefficient (Wildman–Crippen LogP) is 1.31. The number of hydrazone groups is 1. The highest BCUT2D eigenvalue weighted by molar-refractivity contribution is 8.01. The van der Waals surface area contributed by atoms with E-state index < -0.39 is 0 Å². The fraction of sp³-hybridized carbons (Fsp3) is 0.250. The number of nitrogens with one attached hydrogen (secondary N) is 1. The topological polar surface area (TPSA) is 36.8 Å². The van der Waals surface area contributed by atoms with E-state index in [9.17, 15) is 0 Å². The zero-order valence-electron chi connectivity index (χ0n) is 6.45. The van der Waals surface area contributed by atoms with Crippen LogP contribution in [0.15, 0.2) is 28.1 Å². The van der Waals surface area contributed by atoms with Gasteiger partial charge in [0.05, 0.1) is 11.1 Å². The zero-order chi connectivity index (χ0) is 8.23. The summed E-state index contributed by atoms with van der Waals surface area (Å²) in [4.78, 5) is 4.21. The second kappa shape index (κ2) is 3.58. The summed E-state index contributed by atoms with van der Waals surface area (Å²) in [5, 5.41) is 7.23. The number of aliphatic imine (C=N–C) groups is 1. The molecule has 0 bridgehead atoms. The molecule has 0 aromatic rings. The van der Waals surface area contributed by atoms with Crippen LogP contribution >= 0.6 is 11.8 Å². The summed E-state index contributed by atoms with van der Waals surface area (Å²) in [7, 11) is 0. The molecule has 2 aliphatic heterocycles. The van der Waals surface area contributed by atoms with Gasteiger partial charge < -0.3 is 0 Å². The zero-order valence-corrected chi connectivity index (χ0v) is 7.27.